The third kappa shape index (κ3) is 1.46. The Morgan fingerprint density at radius 1 is 1.14 bits per heavy atom. The zero-order valence-corrected chi connectivity index (χ0v) is 12.0. The molecule has 4 rings (SSSR count). The van der Waals surface area contributed by atoms with Gasteiger partial charge in [-0.3, -0.25) is 10.2 Å². The van der Waals surface area contributed by atoms with E-state index in [9.17, 15) is 9.90 Å². The molecule has 1 amide bonds. The van der Waals surface area contributed by atoms with E-state index in [-0.39, 0.29) is 5.91 Å². The first-order chi connectivity index (χ1) is 10.7. The number of hydrogen-bond acceptors (Lipinski definition) is 4. The molecule has 0 aromatic heterocycles. The van der Waals surface area contributed by atoms with Gasteiger partial charge < -0.3 is 10.0 Å². The Morgan fingerprint density at radius 3 is 2.59 bits per heavy atom. The van der Waals surface area contributed by atoms with Crippen molar-refractivity contribution in [3.8, 4) is 0 Å². The molecule has 5 nitrogen and oxygen atoms in total. The van der Waals surface area contributed by atoms with Gasteiger partial charge in [-0.15, -0.1) is 0 Å². The second-order valence-corrected chi connectivity index (χ2v) is 5.57. The zero-order valence-electron chi connectivity index (χ0n) is 12.0. The van der Waals surface area contributed by atoms with Crippen molar-refractivity contribution in [3.63, 3.8) is 0 Å². The van der Waals surface area contributed by atoms with Gasteiger partial charge in [-0.2, -0.15) is 5.10 Å². The van der Waals surface area contributed by atoms with E-state index >= 15 is 0 Å². The fraction of sp³-hybridized carbons (Fsp3) is 0.176. The molecule has 0 fully saturated rings. The van der Waals surface area contributed by atoms with Crippen molar-refractivity contribution in [1.29, 1.82) is 0 Å². The molecule has 0 saturated carbocycles. The maximum Gasteiger partial charge on any atom is 0.261 e. The SMILES string of the molecule is CN1C(=O)C2(NN=C(c3ccccc3)C2O)c2ccccc21. The van der Waals surface area contributed by atoms with Gasteiger partial charge >= 0.3 is 0 Å². The molecule has 22 heavy (non-hydrogen) atoms. The lowest BCUT2D eigenvalue weighted by Gasteiger charge is -2.26. The van der Waals surface area contributed by atoms with Crippen LogP contribution in [0.1, 0.15) is 11.1 Å². The lowest BCUT2D eigenvalue weighted by atomic mass is 9.83. The van der Waals surface area contributed by atoms with Crippen LogP contribution in [-0.2, 0) is 10.3 Å². The van der Waals surface area contributed by atoms with Gasteiger partial charge in [-0.1, -0.05) is 48.5 Å². The molecule has 2 N–H and O–H groups in total. The monoisotopic (exact) mass is 293 g/mol. The zero-order chi connectivity index (χ0) is 15.3. The second kappa shape index (κ2) is 4.42. The number of carbonyl (C=O) groups is 1. The van der Waals surface area contributed by atoms with Crippen molar-refractivity contribution < 1.29 is 9.90 Å². The minimum absolute atomic E-state index is 0.198. The summed E-state index contributed by atoms with van der Waals surface area (Å²) in [4.78, 5) is 14.4. The summed E-state index contributed by atoms with van der Waals surface area (Å²) in [7, 11) is 1.71. The first-order valence-corrected chi connectivity index (χ1v) is 7.12. The van der Waals surface area contributed by atoms with E-state index in [0.29, 0.717) is 5.71 Å². The van der Waals surface area contributed by atoms with Gasteiger partial charge in [0.2, 0.25) is 0 Å². The van der Waals surface area contributed by atoms with Gasteiger partial charge in [0.25, 0.3) is 5.91 Å². The molecule has 0 saturated heterocycles. The van der Waals surface area contributed by atoms with Crippen LogP contribution >= 0.6 is 0 Å². The molecular formula is C17H15N3O2. The number of hydrazone groups is 1. The van der Waals surface area contributed by atoms with E-state index in [1.54, 1.807) is 11.9 Å². The predicted molar refractivity (Wildman–Crippen MR) is 83.7 cm³/mol. The van der Waals surface area contributed by atoms with Crippen LogP contribution in [0.3, 0.4) is 0 Å². The lowest BCUT2D eigenvalue weighted by Crippen LogP contribution is -2.54. The van der Waals surface area contributed by atoms with Gasteiger partial charge in [-0.05, 0) is 6.07 Å². The summed E-state index contributed by atoms with van der Waals surface area (Å²) in [6, 6.07) is 16.9. The molecule has 5 heteroatoms. The average molecular weight is 293 g/mol. The normalized spacial score (nSPS) is 26.1. The standard InChI is InChI=1S/C17H15N3O2/c1-20-13-10-6-5-9-12(13)17(16(20)22)15(21)14(18-19-17)11-7-3-2-4-8-11/h2-10,15,19,21H,1H3. The number of fused-ring (bicyclic) bond motifs is 2. The Labute approximate surface area is 127 Å². The molecule has 2 aliphatic heterocycles. The summed E-state index contributed by atoms with van der Waals surface area (Å²) in [5.41, 5.74) is 4.53. The van der Waals surface area contributed by atoms with Gasteiger partial charge in [0.15, 0.2) is 5.54 Å². The van der Waals surface area contributed by atoms with Crippen molar-refractivity contribution >= 4 is 17.3 Å². The second-order valence-electron chi connectivity index (χ2n) is 5.57. The summed E-state index contributed by atoms with van der Waals surface area (Å²) in [5, 5.41) is 15.2. The number of hydrogen-bond donors (Lipinski definition) is 2. The quantitative estimate of drug-likeness (QED) is 0.831. The smallest absolute Gasteiger partial charge is 0.261 e. The predicted octanol–water partition coefficient (Wildman–Crippen LogP) is 1.23. The Morgan fingerprint density at radius 2 is 1.82 bits per heavy atom. The van der Waals surface area contributed by atoms with Crippen LogP contribution in [0.25, 0.3) is 0 Å². The first-order valence-electron chi connectivity index (χ1n) is 7.12. The molecular weight excluding hydrogens is 278 g/mol. The Kier molecular flexibility index (Phi) is 2.62. The number of rotatable bonds is 1. The molecule has 0 aliphatic carbocycles. The van der Waals surface area contributed by atoms with Crippen LogP contribution in [-0.4, -0.2) is 29.9 Å². The van der Waals surface area contributed by atoms with Gasteiger partial charge in [0, 0.05) is 23.9 Å². The minimum Gasteiger partial charge on any atom is -0.383 e. The third-order valence-electron chi connectivity index (χ3n) is 4.42. The van der Waals surface area contributed by atoms with Crippen LogP contribution in [0, 0.1) is 0 Å². The molecule has 2 unspecified atom stereocenters. The maximum absolute atomic E-state index is 12.8. The summed E-state index contributed by atoms with van der Waals surface area (Å²) >= 11 is 0. The Bertz CT molecular complexity index is 788. The number of aliphatic hydroxyl groups excluding tert-OH is 1. The van der Waals surface area contributed by atoms with Crippen molar-refractivity contribution in [1.82, 2.24) is 5.43 Å². The van der Waals surface area contributed by atoms with E-state index in [1.807, 2.05) is 54.6 Å². The lowest BCUT2D eigenvalue weighted by molar-refractivity contribution is -0.126. The fourth-order valence-corrected chi connectivity index (χ4v) is 3.27. The number of nitrogens with one attached hydrogen (secondary N) is 1. The van der Waals surface area contributed by atoms with Crippen LogP contribution in [0.4, 0.5) is 5.69 Å². The highest BCUT2D eigenvalue weighted by Gasteiger charge is 2.59. The minimum atomic E-state index is -1.23. The number of amides is 1. The van der Waals surface area contributed by atoms with Crippen molar-refractivity contribution in [2.24, 2.45) is 5.10 Å². The average Bonchev–Trinajstić information content (AvgIpc) is 3.02. The van der Waals surface area contributed by atoms with Crippen LogP contribution in [0.2, 0.25) is 0 Å². The highest BCUT2D eigenvalue weighted by molar-refractivity contribution is 6.16. The van der Waals surface area contributed by atoms with Crippen molar-refractivity contribution in [3.05, 3.63) is 65.7 Å². The van der Waals surface area contributed by atoms with Crippen molar-refractivity contribution in [2.75, 3.05) is 11.9 Å². The molecule has 2 aromatic rings. The number of aliphatic hydroxyl groups is 1. The van der Waals surface area contributed by atoms with Gasteiger partial charge in [-0.25, -0.2) is 0 Å². The summed E-state index contributed by atoms with van der Waals surface area (Å²) in [6.07, 6.45) is -1.03. The number of anilines is 1. The van der Waals surface area contributed by atoms with E-state index in [2.05, 4.69) is 10.5 Å². The molecule has 2 heterocycles. The largest absolute Gasteiger partial charge is 0.383 e. The van der Waals surface area contributed by atoms with E-state index in [4.69, 9.17) is 0 Å². The van der Waals surface area contributed by atoms with Crippen molar-refractivity contribution in [2.45, 2.75) is 11.6 Å². The van der Waals surface area contributed by atoms with E-state index < -0.39 is 11.6 Å². The van der Waals surface area contributed by atoms with Crippen LogP contribution in [0.15, 0.2) is 59.7 Å². The highest BCUT2D eigenvalue weighted by atomic mass is 16.3. The van der Waals surface area contributed by atoms with E-state index in [0.717, 1.165) is 16.8 Å². The molecule has 0 radical (unpaired) electrons. The number of para-hydroxylation sites is 1. The molecule has 2 atom stereocenters. The molecule has 110 valence electrons. The topological polar surface area (TPSA) is 64.9 Å². The summed E-state index contributed by atoms with van der Waals surface area (Å²) in [5.74, 6) is -0.198. The van der Waals surface area contributed by atoms with Crippen LogP contribution < -0.4 is 10.3 Å². The van der Waals surface area contributed by atoms with Gasteiger partial charge in [0.1, 0.15) is 6.10 Å². The van der Waals surface area contributed by atoms with Gasteiger partial charge in [0.05, 0.1) is 5.71 Å². The fourth-order valence-electron chi connectivity index (χ4n) is 3.27. The number of nitrogens with zero attached hydrogens (tertiary/aromatic N) is 2. The van der Waals surface area contributed by atoms with E-state index in [1.165, 1.54) is 0 Å². The molecule has 2 aromatic carbocycles. The highest BCUT2D eigenvalue weighted by Crippen LogP contribution is 2.44. The van der Waals surface area contributed by atoms with Crippen LogP contribution in [0.5, 0.6) is 0 Å². The number of carbonyl (C=O) groups excluding carboxylic acids is 1. The Balaban J connectivity index is 1.84. The Hall–Kier alpha value is -2.66. The third-order valence-corrected chi connectivity index (χ3v) is 4.42. The maximum atomic E-state index is 12.8. The first kappa shape index (κ1) is 13.0. The molecule has 2 aliphatic rings. The number of likely N-dealkylation sites (N-methyl/N-ethyl adjacent to an activating group) is 1. The molecule has 0 bridgehead atoms. The summed E-state index contributed by atoms with van der Waals surface area (Å²) < 4.78 is 0. The molecule has 1 spiro atoms. The summed E-state index contributed by atoms with van der Waals surface area (Å²) in [6.45, 7) is 0. The number of benzene rings is 2.